The van der Waals surface area contributed by atoms with Crippen LogP contribution in [0.3, 0.4) is 0 Å². The van der Waals surface area contributed by atoms with Crippen LogP contribution in [-0.2, 0) is 0 Å². The first-order chi connectivity index (χ1) is 12.2. The van der Waals surface area contributed by atoms with E-state index in [1.165, 1.54) is 5.56 Å². The lowest BCUT2D eigenvalue weighted by atomic mass is 10.0. The number of nitrogens with one attached hydrogen (secondary N) is 2. The Hall–Kier alpha value is -3.08. The molecule has 0 radical (unpaired) electrons. The summed E-state index contributed by atoms with van der Waals surface area (Å²) in [6.07, 6.45) is 0. The van der Waals surface area contributed by atoms with Crippen LogP contribution in [0.2, 0.25) is 0 Å². The molecule has 1 atom stereocenters. The van der Waals surface area contributed by atoms with E-state index in [4.69, 9.17) is 4.74 Å². The number of methoxy groups -OCH3 is 1. The molecule has 3 rings (SSSR count). The molecule has 2 aromatic carbocycles. The van der Waals surface area contributed by atoms with Crippen molar-refractivity contribution in [3.05, 3.63) is 71.9 Å². The molecule has 1 aromatic heterocycles. The van der Waals surface area contributed by atoms with Crippen LogP contribution in [0.25, 0.3) is 11.3 Å². The highest BCUT2D eigenvalue weighted by Gasteiger charge is 2.13. The number of benzene rings is 2. The van der Waals surface area contributed by atoms with E-state index >= 15 is 0 Å². The molecule has 5 nitrogen and oxygen atoms in total. The molecule has 0 bridgehead atoms. The molecule has 0 spiro atoms. The number of H-pyrrole nitrogens is 1. The first kappa shape index (κ1) is 16.8. The van der Waals surface area contributed by atoms with E-state index in [9.17, 15) is 4.79 Å². The number of nitrogens with zero attached hydrogens (tertiary/aromatic N) is 1. The van der Waals surface area contributed by atoms with Crippen LogP contribution in [0.1, 0.15) is 28.9 Å². The molecule has 0 aliphatic heterocycles. The number of hydrogen-bond donors (Lipinski definition) is 2. The van der Waals surface area contributed by atoms with Gasteiger partial charge in [0.15, 0.2) is 0 Å². The first-order valence-corrected chi connectivity index (χ1v) is 8.20. The molecular formula is C20H21N3O2. The fourth-order valence-corrected chi connectivity index (χ4v) is 2.61. The van der Waals surface area contributed by atoms with Gasteiger partial charge in [-0.05, 0) is 29.7 Å². The summed E-state index contributed by atoms with van der Waals surface area (Å²) in [5.74, 6) is 0.832. The van der Waals surface area contributed by atoms with Gasteiger partial charge in [-0.3, -0.25) is 9.89 Å². The molecule has 0 saturated carbocycles. The second kappa shape index (κ2) is 7.66. The summed E-state index contributed by atoms with van der Waals surface area (Å²) < 4.78 is 5.22. The highest BCUT2D eigenvalue weighted by Crippen LogP contribution is 2.22. The van der Waals surface area contributed by atoms with Gasteiger partial charge in [-0.15, -0.1) is 0 Å². The summed E-state index contributed by atoms with van der Waals surface area (Å²) in [6.45, 7) is 2.65. The molecule has 1 amide bonds. The fraction of sp³-hybridized carbons (Fsp3) is 0.200. The maximum atomic E-state index is 12.3. The van der Waals surface area contributed by atoms with Crippen molar-refractivity contribution < 1.29 is 9.53 Å². The van der Waals surface area contributed by atoms with Gasteiger partial charge in [0.1, 0.15) is 11.4 Å². The lowest BCUT2D eigenvalue weighted by Crippen LogP contribution is -2.27. The van der Waals surface area contributed by atoms with Crippen LogP contribution < -0.4 is 10.1 Å². The quantitative estimate of drug-likeness (QED) is 0.723. The Balaban J connectivity index is 1.64. The van der Waals surface area contributed by atoms with Crippen LogP contribution >= 0.6 is 0 Å². The summed E-state index contributed by atoms with van der Waals surface area (Å²) in [6, 6.07) is 19.4. The number of amides is 1. The van der Waals surface area contributed by atoms with E-state index in [1.54, 1.807) is 13.2 Å². The summed E-state index contributed by atoms with van der Waals surface area (Å²) in [5.41, 5.74) is 3.25. The third-order valence-corrected chi connectivity index (χ3v) is 4.13. The molecule has 5 heteroatoms. The predicted molar refractivity (Wildman–Crippen MR) is 97.8 cm³/mol. The van der Waals surface area contributed by atoms with Gasteiger partial charge in [0, 0.05) is 12.1 Å². The Bertz CT molecular complexity index is 843. The normalized spacial score (nSPS) is 11.8. The number of carbonyl (C=O) groups is 1. The Morgan fingerprint density at radius 3 is 2.72 bits per heavy atom. The van der Waals surface area contributed by atoms with E-state index in [0.29, 0.717) is 17.9 Å². The van der Waals surface area contributed by atoms with Crippen LogP contribution in [0.5, 0.6) is 5.75 Å². The third-order valence-electron chi connectivity index (χ3n) is 4.13. The molecule has 128 valence electrons. The van der Waals surface area contributed by atoms with Gasteiger partial charge in [0.25, 0.3) is 5.91 Å². The molecule has 3 aromatic rings. The Morgan fingerprint density at radius 2 is 1.96 bits per heavy atom. The number of aromatic nitrogens is 2. The van der Waals surface area contributed by atoms with Gasteiger partial charge in [-0.2, -0.15) is 5.10 Å². The Kier molecular flexibility index (Phi) is 5.14. The van der Waals surface area contributed by atoms with Crippen molar-refractivity contribution in [2.24, 2.45) is 0 Å². The second-order valence-corrected chi connectivity index (χ2v) is 5.92. The molecule has 0 aliphatic rings. The summed E-state index contributed by atoms with van der Waals surface area (Å²) in [4.78, 5) is 12.3. The smallest absolute Gasteiger partial charge is 0.269 e. The van der Waals surface area contributed by atoms with Crippen molar-refractivity contribution in [2.75, 3.05) is 13.7 Å². The zero-order valence-corrected chi connectivity index (χ0v) is 14.3. The molecule has 25 heavy (non-hydrogen) atoms. The third kappa shape index (κ3) is 4.07. The van der Waals surface area contributed by atoms with Gasteiger partial charge in [-0.1, -0.05) is 49.4 Å². The molecule has 2 N–H and O–H groups in total. The number of aromatic amines is 1. The Labute approximate surface area is 147 Å². The molecule has 0 aliphatic carbocycles. The van der Waals surface area contributed by atoms with Crippen molar-refractivity contribution in [2.45, 2.75) is 12.8 Å². The largest absolute Gasteiger partial charge is 0.497 e. The monoisotopic (exact) mass is 335 g/mol. The summed E-state index contributed by atoms with van der Waals surface area (Å²) >= 11 is 0. The van der Waals surface area contributed by atoms with Crippen LogP contribution in [0, 0.1) is 0 Å². The molecule has 0 unspecified atom stereocenters. The van der Waals surface area contributed by atoms with Crippen LogP contribution in [-0.4, -0.2) is 29.8 Å². The topological polar surface area (TPSA) is 67.0 Å². The minimum atomic E-state index is -0.163. The van der Waals surface area contributed by atoms with E-state index in [1.807, 2.05) is 42.5 Å². The molecule has 0 saturated heterocycles. The second-order valence-electron chi connectivity index (χ2n) is 5.92. The Morgan fingerprint density at radius 1 is 1.16 bits per heavy atom. The highest BCUT2D eigenvalue weighted by atomic mass is 16.5. The number of carbonyl (C=O) groups excluding carboxylic acids is 1. The zero-order valence-electron chi connectivity index (χ0n) is 14.3. The first-order valence-electron chi connectivity index (χ1n) is 8.20. The predicted octanol–water partition coefficient (Wildman–Crippen LogP) is 3.62. The van der Waals surface area contributed by atoms with E-state index in [2.05, 4.69) is 34.6 Å². The van der Waals surface area contributed by atoms with E-state index < -0.39 is 0 Å². The molecule has 1 heterocycles. The number of ether oxygens (including phenoxy) is 1. The molecule has 0 fully saturated rings. The number of hydrogen-bond acceptors (Lipinski definition) is 3. The zero-order chi connectivity index (χ0) is 17.6. The van der Waals surface area contributed by atoms with Crippen LogP contribution in [0.15, 0.2) is 60.7 Å². The van der Waals surface area contributed by atoms with E-state index in [0.717, 1.165) is 11.3 Å². The van der Waals surface area contributed by atoms with Crippen molar-refractivity contribution in [1.29, 1.82) is 0 Å². The lowest BCUT2D eigenvalue weighted by Gasteiger charge is -2.12. The number of rotatable bonds is 6. The highest BCUT2D eigenvalue weighted by molar-refractivity contribution is 5.93. The van der Waals surface area contributed by atoms with Gasteiger partial charge >= 0.3 is 0 Å². The van der Waals surface area contributed by atoms with Crippen molar-refractivity contribution in [3.8, 4) is 17.0 Å². The van der Waals surface area contributed by atoms with Crippen molar-refractivity contribution in [3.63, 3.8) is 0 Å². The maximum absolute atomic E-state index is 12.3. The average Bonchev–Trinajstić information content (AvgIpc) is 3.17. The summed E-state index contributed by atoms with van der Waals surface area (Å²) in [5, 5.41) is 9.98. The van der Waals surface area contributed by atoms with Crippen LogP contribution in [0.4, 0.5) is 0 Å². The SMILES string of the molecule is COc1cccc(-c2cc(C(=O)NC[C@@H](C)c3ccccc3)[nH]n2)c1. The minimum Gasteiger partial charge on any atom is -0.497 e. The average molecular weight is 335 g/mol. The van der Waals surface area contributed by atoms with Gasteiger partial charge in [0.05, 0.1) is 12.8 Å². The van der Waals surface area contributed by atoms with E-state index in [-0.39, 0.29) is 11.8 Å². The van der Waals surface area contributed by atoms with Gasteiger partial charge < -0.3 is 10.1 Å². The lowest BCUT2D eigenvalue weighted by molar-refractivity contribution is 0.0946. The van der Waals surface area contributed by atoms with Crippen molar-refractivity contribution in [1.82, 2.24) is 15.5 Å². The minimum absolute atomic E-state index is 0.163. The van der Waals surface area contributed by atoms with Gasteiger partial charge in [0.2, 0.25) is 0 Å². The van der Waals surface area contributed by atoms with Crippen molar-refractivity contribution >= 4 is 5.91 Å². The summed E-state index contributed by atoms with van der Waals surface area (Å²) in [7, 11) is 1.62. The van der Waals surface area contributed by atoms with Gasteiger partial charge in [-0.25, -0.2) is 0 Å². The standard InChI is InChI=1S/C20H21N3O2/c1-14(15-7-4-3-5-8-15)13-21-20(24)19-12-18(22-23-19)16-9-6-10-17(11-16)25-2/h3-12,14H,13H2,1-2H3,(H,21,24)(H,22,23)/t14-/m1/s1. The maximum Gasteiger partial charge on any atom is 0.269 e. The fourth-order valence-electron chi connectivity index (χ4n) is 2.61. The molecular weight excluding hydrogens is 314 g/mol.